The summed E-state index contributed by atoms with van der Waals surface area (Å²) in [5.41, 5.74) is 2.62. The molecule has 0 bridgehead atoms. The summed E-state index contributed by atoms with van der Waals surface area (Å²) in [4.78, 5) is 8.98. The van der Waals surface area contributed by atoms with E-state index < -0.39 is 0 Å². The van der Waals surface area contributed by atoms with Crippen molar-refractivity contribution in [1.29, 1.82) is 0 Å². The van der Waals surface area contributed by atoms with Crippen LogP contribution in [0.5, 0.6) is 0 Å². The normalized spacial score (nSPS) is 22.9. The van der Waals surface area contributed by atoms with Crippen molar-refractivity contribution in [1.82, 2.24) is 9.97 Å². The van der Waals surface area contributed by atoms with Crippen LogP contribution in [0, 0.1) is 5.92 Å². The van der Waals surface area contributed by atoms with E-state index in [2.05, 4.69) is 41.5 Å². The van der Waals surface area contributed by atoms with Crippen molar-refractivity contribution in [2.75, 3.05) is 10.7 Å². The second kappa shape index (κ2) is 6.88. The maximum atomic E-state index is 5.49. The molecule has 0 aromatic carbocycles. The van der Waals surface area contributed by atoms with Gasteiger partial charge in [0.25, 0.3) is 0 Å². The number of rotatable bonds is 5. The average molecular weight is 277 g/mol. The third-order valence-electron chi connectivity index (χ3n) is 4.18. The van der Waals surface area contributed by atoms with Crippen molar-refractivity contribution in [3.8, 4) is 0 Å². The molecule has 1 aromatic heterocycles. The van der Waals surface area contributed by atoms with Gasteiger partial charge >= 0.3 is 0 Å². The zero-order chi connectivity index (χ0) is 14.5. The lowest BCUT2D eigenvalue weighted by molar-refractivity contribution is 0.330. The second-order valence-corrected chi connectivity index (χ2v) is 6.07. The van der Waals surface area contributed by atoms with Crippen LogP contribution in [-0.2, 0) is 0 Å². The van der Waals surface area contributed by atoms with Gasteiger partial charge in [-0.3, -0.25) is 0 Å². The molecule has 0 radical (unpaired) electrons. The Hall–Kier alpha value is -1.36. The Bertz CT molecular complexity index is 424. The Morgan fingerprint density at radius 3 is 2.40 bits per heavy atom. The van der Waals surface area contributed by atoms with E-state index in [9.17, 15) is 0 Å². The van der Waals surface area contributed by atoms with E-state index in [1.54, 1.807) is 0 Å². The maximum Gasteiger partial charge on any atom is 0.145 e. The lowest BCUT2D eigenvalue weighted by atomic mass is 9.84. The number of anilines is 2. The Morgan fingerprint density at radius 1 is 1.20 bits per heavy atom. The topological polar surface area (TPSA) is 75.9 Å². The van der Waals surface area contributed by atoms with Crippen LogP contribution in [-0.4, -0.2) is 16.0 Å². The summed E-state index contributed by atoms with van der Waals surface area (Å²) in [7, 11) is 0. The van der Waals surface area contributed by atoms with Crippen molar-refractivity contribution >= 4 is 11.6 Å². The molecular formula is C15H27N5. The highest BCUT2D eigenvalue weighted by Crippen LogP contribution is 2.28. The molecule has 20 heavy (non-hydrogen) atoms. The van der Waals surface area contributed by atoms with Crippen molar-refractivity contribution in [3.63, 3.8) is 0 Å². The molecule has 0 atom stereocenters. The van der Waals surface area contributed by atoms with Gasteiger partial charge in [0.2, 0.25) is 0 Å². The summed E-state index contributed by atoms with van der Waals surface area (Å²) in [6.45, 7) is 6.47. The van der Waals surface area contributed by atoms with Gasteiger partial charge in [0, 0.05) is 18.0 Å². The first-order valence-corrected chi connectivity index (χ1v) is 7.74. The largest absolute Gasteiger partial charge is 0.367 e. The molecule has 0 amide bonds. The summed E-state index contributed by atoms with van der Waals surface area (Å²) in [6, 6.07) is 2.41. The van der Waals surface area contributed by atoms with Gasteiger partial charge in [-0.05, 0) is 31.6 Å². The van der Waals surface area contributed by atoms with Gasteiger partial charge in [0.1, 0.15) is 17.5 Å². The van der Waals surface area contributed by atoms with Crippen LogP contribution >= 0.6 is 0 Å². The molecule has 0 unspecified atom stereocenters. The molecule has 1 fully saturated rings. The highest BCUT2D eigenvalue weighted by Gasteiger charge is 2.20. The highest BCUT2D eigenvalue weighted by atomic mass is 15.3. The number of nitrogens with one attached hydrogen (secondary N) is 2. The number of hydrazine groups is 1. The number of nitrogens with zero attached hydrogens (tertiary/aromatic N) is 2. The van der Waals surface area contributed by atoms with Crippen LogP contribution < -0.4 is 16.6 Å². The Kier molecular flexibility index (Phi) is 5.17. The summed E-state index contributed by atoms with van der Waals surface area (Å²) in [5, 5.41) is 3.55. The monoisotopic (exact) mass is 277 g/mol. The summed E-state index contributed by atoms with van der Waals surface area (Å²) in [6.07, 6.45) is 6.39. The Labute approximate surface area is 121 Å². The molecule has 1 aliphatic carbocycles. The number of aromatic nitrogens is 2. The molecule has 0 spiro atoms. The molecule has 0 saturated heterocycles. The van der Waals surface area contributed by atoms with Crippen molar-refractivity contribution in [2.24, 2.45) is 11.8 Å². The third-order valence-corrected chi connectivity index (χ3v) is 4.18. The van der Waals surface area contributed by atoms with Crippen LogP contribution in [0.2, 0.25) is 0 Å². The minimum Gasteiger partial charge on any atom is -0.367 e. The average Bonchev–Trinajstić information content (AvgIpc) is 2.47. The number of hydrogen-bond donors (Lipinski definition) is 3. The van der Waals surface area contributed by atoms with E-state index in [0.717, 1.165) is 17.6 Å². The predicted molar refractivity (Wildman–Crippen MR) is 83.6 cm³/mol. The molecule has 0 aliphatic heterocycles. The summed E-state index contributed by atoms with van der Waals surface area (Å²) in [5.74, 6) is 9.07. The van der Waals surface area contributed by atoms with Crippen LogP contribution in [0.15, 0.2) is 6.07 Å². The smallest absolute Gasteiger partial charge is 0.145 e. The van der Waals surface area contributed by atoms with E-state index >= 15 is 0 Å². The molecule has 5 nitrogen and oxygen atoms in total. The predicted octanol–water partition coefficient (Wildman–Crippen LogP) is 3.27. The SMILES string of the molecule is CCC1CCC(Nc2cc(NN)nc(C(C)C)n2)CC1. The van der Waals surface area contributed by atoms with Crippen LogP contribution in [0.4, 0.5) is 11.6 Å². The molecule has 112 valence electrons. The van der Waals surface area contributed by atoms with Crippen LogP contribution in [0.3, 0.4) is 0 Å². The molecule has 2 rings (SSSR count). The zero-order valence-corrected chi connectivity index (χ0v) is 12.8. The van der Waals surface area contributed by atoms with E-state index in [0.29, 0.717) is 17.8 Å². The minimum atomic E-state index is 0.291. The fourth-order valence-electron chi connectivity index (χ4n) is 2.80. The van der Waals surface area contributed by atoms with Crippen molar-refractivity contribution in [3.05, 3.63) is 11.9 Å². The maximum absolute atomic E-state index is 5.49. The van der Waals surface area contributed by atoms with E-state index in [1.165, 1.54) is 32.1 Å². The first-order valence-electron chi connectivity index (χ1n) is 7.74. The molecule has 1 saturated carbocycles. The van der Waals surface area contributed by atoms with Gasteiger partial charge in [-0.1, -0.05) is 27.2 Å². The van der Waals surface area contributed by atoms with Gasteiger partial charge in [0.05, 0.1) is 0 Å². The molecule has 5 heteroatoms. The molecule has 4 N–H and O–H groups in total. The van der Waals surface area contributed by atoms with Gasteiger partial charge in [-0.15, -0.1) is 0 Å². The second-order valence-electron chi connectivity index (χ2n) is 6.07. The lowest BCUT2D eigenvalue weighted by Crippen LogP contribution is -2.26. The van der Waals surface area contributed by atoms with Gasteiger partial charge in [-0.2, -0.15) is 0 Å². The number of nitrogens with two attached hydrogens (primary N) is 1. The quantitative estimate of drug-likeness (QED) is 0.569. The fraction of sp³-hybridized carbons (Fsp3) is 0.733. The third kappa shape index (κ3) is 3.82. The fourth-order valence-corrected chi connectivity index (χ4v) is 2.80. The summed E-state index contributed by atoms with van der Waals surface area (Å²) >= 11 is 0. The minimum absolute atomic E-state index is 0.291. The van der Waals surface area contributed by atoms with Crippen molar-refractivity contribution < 1.29 is 0 Å². The first-order chi connectivity index (χ1) is 9.62. The molecular weight excluding hydrogens is 250 g/mol. The first kappa shape index (κ1) is 15.0. The lowest BCUT2D eigenvalue weighted by Gasteiger charge is -2.29. The Balaban J connectivity index is 2.03. The molecule has 1 aromatic rings. The van der Waals surface area contributed by atoms with Crippen LogP contribution in [0.25, 0.3) is 0 Å². The van der Waals surface area contributed by atoms with E-state index in [4.69, 9.17) is 5.84 Å². The van der Waals surface area contributed by atoms with Gasteiger partial charge in [-0.25, -0.2) is 15.8 Å². The van der Waals surface area contributed by atoms with Gasteiger partial charge in [0.15, 0.2) is 0 Å². The zero-order valence-electron chi connectivity index (χ0n) is 12.8. The number of nitrogen functional groups attached to an aromatic ring is 1. The molecule has 1 aliphatic rings. The Morgan fingerprint density at radius 2 is 1.85 bits per heavy atom. The van der Waals surface area contributed by atoms with Gasteiger partial charge < -0.3 is 10.7 Å². The van der Waals surface area contributed by atoms with Crippen LogP contribution in [0.1, 0.15) is 64.6 Å². The molecule has 1 heterocycles. The number of hydrogen-bond acceptors (Lipinski definition) is 5. The van der Waals surface area contributed by atoms with E-state index in [-0.39, 0.29) is 0 Å². The highest BCUT2D eigenvalue weighted by molar-refractivity contribution is 5.47. The van der Waals surface area contributed by atoms with E-state index in [1.807, 2.05) is 6.07 Å². The van der Waals surface area contributed by atoms with Crippen molar-refractivity contribution in [2.45, 2.75) is 64.8 Å². The summed E-state index contributed by atoms with van der Waals surface area (Å²) < 4.78 is 0. The standard InChI is InChI=1S/C15H27N5/c1-4-11-5-7-12(8-6-11)17-13-9-14(20-16)19-15(18-13)10(2)3/h9-12H,4-8,16H2,1-3H3,(H2,17,18,19,20).